The zero-order valence-electron chi connectivity index (χ0n) is 11.5. The predicted octanol–water partition coefficient (Wildman–Crippen LogP) is 2.86. The average molecular weight is 349 g/mol. The predicted molar refractivity (Wildman–Crippen MR) is 80.9 cm³/mol. The Morgan fingerprint density at radius 1 is 1.48 bits per heavy atom. The van der Waals surface area contributed by atoms with Gasteiger partial charge >= 0.3 is 0 Å². The maximum Gasteiger partial charge on any atom is 0.268 e. The zero-order chi connectivity index (χ0) is 15.0. The van der Waals surface area contributed by atoms with Crippen molar-refractivity contribution in [2.24, 2.45) is 0 Å². The Morgan fingerprint density at radius 2 is 2.29 bits per heavy atom. The van der Waals surface area contributed by atoms with Crippen molar-refractivity contribution < 1.29 is 9.32 Å². The SMILES string of the molecule is Cc1noc(C)c1CNC(=O)c1cc2c(Br)ccnc2[nH]1. The van der Waals surface area contributed by atoms with E-state index in [9.17, 15) is 4.79 Å². The molecule has 0 aliphatic heterocycles. The Hall–Kier alpha value is -2.15. The van der Waals surface area contributed by atoms with Crippen LogP contribution in [0.3, 0.4) is 0 Å². The Morgan fingerprint density at radius 3 is 2.95 bits per heavy atom. The molecule has 6 nitrogen and oxygen atoms in total. The number of carbonyl (C=O) groups is 1. The summed E-state index contributed by atoms with van der Waals surface area (Å²) >= 11 is 3.44. The monoisotopic (exact) mass is 348 g/mol. The van der Waals surface area contributed by atoms with Crippen molar-refractivity contribution >= 4 is 32.9 Å². The van der Waals surface area contributed by atoms with Crippen LogP contribution < -0.4 is 5.32 Å². The van der Waals surface area contributed by atoms with Gasteiger partial charge in [0, 0.05) is 28.2 Å². The molecule has 1 amide bonds. The lowest BCUT2D eigenvalue weighted by Crippen LogP contribution is -2.23. The summed E-state index contributed by atoms with van der Waals surface area (Å²) in [5.41, 5.74) is 2.83. The molecular formula is C14H13BrN4O2. The molecule has 0 bridgehead atoms. The number of pyridine rings is 1. The molecule has 108 valence electrons. The number of nitrogens with one attached hydrogen (secondary N) is 2. The van der Waals surface area contributed by atoms with E-state index in [1.807, 2.05) is 19.9 Å². The Balaban J connectivity index is 1.80. The van der Waals surface area contributed by atoms with Crippen molar-refractivity contribution in [2.45, 2.75) is 20.4 Å². The summed E-state index contributed by atoms with van der Waals surface area (Å²) in [6.07, 6.45) is 1.68. The number of rotatable bonds is 3. The number of hydrogen-bond donors (Lipinski definition) is 2. The molecule has 21 heavy (non-hydrogen) atoms. The molecule has 3 rings (SSSR count). The number of H-pyrrole nitrogens is 1. The van der Waals surface area contributed by atoms with Crippen molar-refractivity contribution in [3.8, 4) is 0 Å². The lowest BCUT2D eigenvalue weighted by Gasteiger charge is -2.02. The third-order valence-corrected chi connectivity index (χ3v) is 4.02. The van der Waals surface area contributed by atoms with Gasteiger partial charge in [-0.05, 0) is 41.9 Å². The molecule has 3 aromatic rings. The molecule has 7 heteroatoms. The van der Waals surface area contributed by atoms with E-state index >= 15 is 0 Å². The third kappa shape index (κ3) is 2.56. The van der Waals surface area contributed by atoms with Gasteiger partial charge in [-0.25, -0.2) is 4.98 Å². The highest BCUT2D eigenvalue weighted by Gasteiger charge is 2.14. The second-order valence-electron chi connectivity index (χ2n) is 4.72. The van der Waals surface area contributed by atoms with Gasteiger partial charge in [0.05, 0.1) is 5.69 Å². The van der Waals surface area contributed by atoms with E-state index in [2.05, 4.69) is 36.4 Å². The summed E-state index contributed by atoms with van der Waals surface area (Å²) in [4.78, 5) is 19.4. The minimum Gasteiger partial charge on any atom is -0.361 e. The summed E-state index contributed by atoms with van der Waals surface area (Å²) in [5, 5.41) is 7.59. The number of nitrogens with zero attached hydrogens (tertiary/aromatic N) is 2. The van der Waals surface area contributed by atoms with Crippen LogP contribution in [0.25, 0.3) is 11.0 Å². The molecule has 0 saturated heterocycles. The van der Waals surface area contributed by atoms with Gasteiger partial charge in [-0.15, -0.1) is 0 Å². The van der Waals surface area contributed by atoms with Crippen molar-refractivity contribution in [3.63, 3.8) is 0 Å². The Kier molecular flexibility index (Phi) is 3.50. The molecule has 0 aromatic carbocycles. The van der Waals surface area contributed by atoms with Crippen LogP contribution in [-0.4, -0.2) is 21.0 Å². The molecule has 0 aliphatic carbocycles. The van der Waals surface area contributed by atoms with Crippen LogP contribution >= 0.6 is 15.9 Å². The first-order chi connectivity index (χ1) is 10.1. The molecule has 3 aromatic heterocycles. The number of aromatic amines is 1. The second kappa shape index (κ2) is 5.33. The van der Waals surface area contributed by atoms with Crippen molar-refractivity contribution in [1.29, 1.82) is 0 Å². The normalized spacial score (nSPS) is 11.0. The number of aromatic nitrogens is 3. The van der Waals surface area contributed by atoms with Crippen LogP contribution in [0.2, 0.25) is 0 Å². The number of halogens is 1. The van der Waals surface area contributed by atoms with Gasteiger partial charge in [0.1, 0.15) is 17.1 Å². The van der Waals surface area contributed by atoms with E-state index in [1.165, 1.54) is 0 Å². The largest absolute Gasteiger partial charge is 0.361 e. The van der Waals surface area contributed by atoms with Crippen molar-refractivity contribution in [1.82, 2.24) is 20.4 Å². The van der Waals surface area contributed by atoms with Crippen LogP contribution in [0.15, 0.2) is 27.3 Å². The van der Waals surface area contributed by atoms with Gasteiger partial charge in [0.2, 0.25) is 0 Å². The smallest absolute Gasteiger partial charge is 0.268 e. The summed E-state index contributed by atoms with van der Waals surface area (Å²) in [7, 11) is 0. The molecule has 0 fully saturated rings. The lowest BCUT2D eigenvalue weighted by atomic mass is 10.2. The van der Waals surface area contributed by atoms with Crippen LogP contribution in [-0.2, 0) is 6.54 Å². The van der Waals surface area contributed by atoms with E-state index in [0.29, 0.717) is 23.6 Å². The maximum atomic E-state index is 12.2. The highest BCUT2D eigenvalue weighted by Crippen LogP contribution is 2.22. The zero-order valence-corrected chi connectivity index (χ0v) is 13.1. The highest BCUT2D eigenvalue weighted by atomic mass is 79.9. The molecule has 0 spiro atoms. The molecule has 0 radical (unpaired) electrons. The summed E-state index contributed by atoms with van der Waals surface area (Å²) in [6, 6.07) is 3.61. The first kappa shape index (κ1) is 13.8. The van der Waals surface area contributed by atoms with Gasteiger partial charge in [0.25, 0.3) is 5.91 Å². The van der Waals surface area contributed by atoms with Crippen LogP contribution in [0.5, 0.6) is 0 Å². The topological polar surface area (TPSA) is 83.8 Å². The van der Waals surface area contributed by atoms with Crippen LogP contribution in [0.4, 0.5) is 0 Å². The van der Waals surface area contributed by atoms with E-state index in [4.69, 9.17) is 4.52 Å². The van der Waals surface area contributed by atoms with E-state index in [0.717, 1.165) is 21.1 Å². The van der Waals surface area contributed by atoms with Gasteiger partial charge in [-0.2, -0.15) is 0 Å². The van der Waals surface area contributed by atoms with Crippen molar-refractivity contribution in [2.75, 3.05) is 0 Å². The quantitative estimate of drug-likeness (QED) is 0.762. The van der Waals surface area contributed by atoms with Gasteiger partial charge in [-0.3, -0.25) is 4.79 Å². The molecule has 0 unspecified atom stereocenters. The minimum absolute atomic E-state index is 0.195. The Labute approximate surface area is 129 Å². The van der Waals surface area contributed by atoms with Crippen LogP contribution in [0.1, 0.15) is 27.5 Å². The number of carbonyl (C=O) groups excluding carboxylic acids is 1. The van der Waals surface area contributed by atoms with E-state index in [-0.39, 0.29) is 5.91 Å². The first-order valence-electron chi connectivity index (χ1n) is 6.39. The molecule has 0 aliphatic rings. The number of amides is 1. The maximum absolute atomic E-state index is 12.2. The molecule has 0 atom stereocenters. The fraction of sp³-hybridized carbons (Fsp3) is 0.214. The molecule has 3 heterocycles. The summed E-state index contributed by atoms with van der Waals surface area (Å²) in [6.45, 7) is 4.05. The van der Waals surface area contributed by atoms with Gasteiger partial charge in [0.15, 0.2) is 0 Å². The van der Waals surface area contributed by atoms with E-state index < -0.39 is 0 Å². The fourth-order valence-electron chi connectivity index (χ4n) is 2.14. The molecular weight excluding hydrogens is 336 g/mol. The highest BCUT2D eigenvalue weighted by molar-refractivity contribution is 9.10. The summed E-state index contributed by atoms with van der Waals surface area (Å²) in [5.74, 6) is 0.522. The van der Waals surface area contributed by atoms with Gasteiger partial charge < -0.3 is 14.8 Å². The second-order valence-corrected chi connectivity index (χ2v) is 5.58. The van der Waals surface area contributed by atoms with Crippen LogP contribution in [0, 0.1) is 13.8 Å². The third-order valence-electron chi connectivity index (χ3n) is 3.33. The first-order valence-corrected chi connectivity index (χ1v) is 7.18. The molecule has 2 N–H and O–H groups in total. The minimum atomic E-state index is -0.195. The number of hydrogen-bond acceptors (Lipinski definition) is 4. The summed E-state index contributed by atoms with van der Waals surface area (Å²) < 4.78 is 5.97. The van der Waals surface area contributed by atoms with Gasteiger partial charge in [-0.1, -0.05) is 5.16 Å². The Bertz CT molecular complexity index is 802. The van der Waals surface area contributed by atoms with E-state index in [1.54, 1.807) is 12.3 Å². The standard InChI is InChI=1S/C14H13BrN4O2/c1-7-10(8(2)21-19-7)6-17-14(20)12-5-9-11(15)3-4-16-13(9)18-12/h3-5H,6H2,1-2H3,(H,16,18)(H,17,20). The fourth-order valence-corrected chi connectivity index (χ4v) is 2.56. The average Bonchev–Trinajstić information content (AvgIpc) is 3.02. The number of fused-ring (bicyclic) bond motifs is 1. The van der Waals surface area contributed by atoms with Crippen molar-refractivity contribution in [3.05, 3.63) is 45.5 Å². The molecule has 0 saturated carbocycles. The number of aryl methyl sites for hydroxylation is 2. The lowest BCUT2D eigenvalue weighted by molar-refractivity contribution is 0.0946.